The van der Waals surface area contributed by atoms with Gasteiger partial charge in [-0.25, -0.2) is 0 Å². The van der Waals surface area contributed by atoms with Gasteiger partial charge in [0.25, 0.3) is 5.91 Å². The van der Waals surface area contributed by atoms with Crippen molar-refractivity contribution in [2.45, 2.75) is 32.7 Å². The fourth-order valence-electron chi connectivity index (χ4n) is 4.20. The molecule has 0 aliphatic heterocycles. The van der Waals surface area contributed by atoms with Crippen LogP contribution in [0.2, 0.25) is 0 Å². The van der Waals surface area contributed by atoms with Gasteiger partial charge >= 0.3 is 5.97 Å². The maximum atomic E-state index is 12.7. The SMILES string of the molecule is CCn1cc(NC(=O)C2C3CCC(C3)C2C(=O)O)c(C(=O)NC)n1. The monoisotopic (exact) mass is 334 g/mol. The van der Waals surface area contributed by atoms with E-state index in [9.17, 15) is 19.5 Å². The Kier molecular flexibility index (Phi) is 4.29. The highest BCUT2D eigenvalue weighted by Gasteiger charge is 2.54. The van der Waals surface area contributed by atoms with Crippen molar-refractivity contribution in [3.8, 4) is 0 Å². The van der Waals surface area contributed by atoms with E-state index in [2.05, 4.69) is 15.7 Å². The van der Waals surface area contributed by atoms with Crippen molar-refractivity contribution in [1.82, 2.24) is 15.1 Å². The first-order chi connectivity index (χ1) is 11.5. The molecule has 3 N–H and O–H groups in total. The maximum absolute atomic E-state index is 12.7. The van der Waals surface area contributed by atoms with Crippen molar-refractivity contribution >= 4 is 23.5 Å². The number of anilines is 1. The number of aryl methyl sites for hydroxylation is 1. The molecular weight excluding hydrogens is 312 g/mol. The number of aromatic nitrogens is 2. The lowest BCUT2D eigenvalue weighted by Crippen LogP contribution is -2.38. The Morgan fingerprint density at radius 3 is 2.54 bits per heavy atom. The molecule has 0 aromatic carbocycles. The number of amides is 2. The summed E-state index contributed by atoms with van der Waals surface area (Å²) in [5.41, 5.74) is 0.468. The second kappa shape index (κ2) is 6.26. The predicted molar refractivity (Wildman–Crippen MR) is 85.4 cm³/mol. The fourth-order valence-corrected chi connectivity index (χ4v) is 4.20. The van der Waals surface area contributed by atoms with Gasteiger partial charge in [-0.3, -0.25) is 19.1 Å². The number of carboxylic acid groups (broad SMARTS) is 1. The number of fused-ring (bicyclic) bond motifs is 2. The molecule has 3 rings (SSSR count). The highest BCUT2D eigenvalue weighted by molar-refractivity contribution is 6.03. The summed E-state index contributed by atoms with van der Waals surface area (Å²) >= 11 is 0. The van der Waals surface area contributed by atoms with Crippen LogP contribution in [0, 0.1) is 23.7 Å². The smallest absolute Gasteiger partial charge is 0.307 e. The third-order valence-corrected chi connectivity index (χ3v) is 5.29. The van der Waals surface area contributed by atoms with Crippen LogP contribution in [0.4, 0.5) is 5.69 Å². The van der Waals surface area contributed by atoms with Gasteiger partial charge in [0.2, 0.25) is 5.91 Å². The Morgan fingerprint density at radius 2 is 1.96 bits per heavy atom. The van der Waals surface area contributed by atoms with Crippen LogP contribution in [0.25, 0.3) is 0 Å². The van der Waals surface area contributed by atoms with Gasteiger partial charge in [-0.15, -0.1) is 0 Å². The molecule has 2 bridgehead atoms. The Labute approximate surface area is 139 Å². The Hall–Kier alpha value is -2.38. The van der Waals surface area contributed by atoms with E-state index in [0.29, 0.717) is 12.2 Å². The van der Waals surface area contributed by atoms with E-state index in [1.54, 1.807) is 10.9 Å². The van der Waals surface area contributed by atoms with Crippen molar-refractivity contribution in [2.24, 2.45) is 23.7 Å². The summed E-state index contributed by atoms with van der Waals surface area (Å²) in [6, 6.07) is 0. The fraction of sp³-hybridized carbons (Fsp3) is 0.625. The first-order valence-electron chi connectivity index (χ1n) is 8.29. The summed E-state index contributed by atoms with van der Waals surface area (Å²) in [5.74, 6) is -2.59. The van der Waals surface area contributed by atoms with Gasteiger partial charge in [0, 0.05) is 19.8 Å². The zero-order valence-corrected chi connectivity index (χ0v) is 13.8. The summed E-state index contributed by atoms with van der Waals surface area (Å²) in [6.45, 7) is 2.44. The van der Waals surface area contributed by atoms with Crippen LogP contribution in [0.15, 0.2) is 6.20 Å². The number of carbonyl (C=O) groups is 3. The number of carbonyl (C=O) groups excluding carboxylic acids is 2. The molecule has 2 aliphatic carbocycles. The molecule has 8 heteroatoms. The van der Waals surface area contributed by atoms with Crippen LogP contribution >= 0.6 is 0 Å². The highest BCUT2D eigenvalue weighted by atomic mass is 16.4. The molecular formula is C16H22N4O4. The lowest BCUT2D eigenvalue weighted by molar-refractivity contribution is -0.148. The van der Waals surface area contributed by atoms with Crippen molar-refractivity contribution in [3.63, 3.8) is 0 Å². The summed E-state index contributed by atoms with van der Waals surface area (Å²) in [6.07, 6.45) is 4.17. The minimum Gasteiger partial charge on any atom is -0.481 e. The van der Waals surface area contributed by atoms with Gasteiger partial charge in [0.1, 0.15) is 0 Å². The molecule has 2 aliphatic rings. The van der Waals surface area contributed by atoms with E-state index >= 15 is 0 Å². The van der Waals surface area contributed by atoms with Gasteiger partial charge in [0.15, 0.2) is 5.69 Å². The predicted octanol–water partition coefficient (Wildman–Crippen LogP) is 0.948. The third-order valence-electron chi connectivity index (χ3n) is 5.29. The average Bonchev–Trinajstić information content (AvgIpc) is 3.27. The quantitative estimate of drug-likeness (QED) is 0.742. The number of hydrogen-bond acceptors (Lipinski definition) is 4. The van der Waals surface area contributed by atoms with Crippen molar-refractivity contribution < 1.29 is 19.5 Å². The molecule has 1 aromatic heterocycles. The molecule has 1 heterocycles. The topological polar surface area (TPSA) is 113 Å². The van der Waals surface area contributed by atoms with Crippen LogP contribution in [-0.2, 0) is 16.1 Å². The number of rotatable bonds is 5. The molecule has 4 atom stereocenters. The number of carboxylic acids is 1. The minimum atomic E-state index is -0.905. The van der Waals surface area contributed by atoms with Crippen LogP contribution in [0.5, 0.6) is 0 Å². The first-order valence-corrected chi connectivity index (χ1v) is 8.29. The first kappa shape index (κ1) is 16.5. The Morgan fingerprint density at radius 1 is 1.29 bits per heavy atom. The van der Waals surface area contributed by atoms with E-state index in [1.807, 2.05) is 6.92 Å². The van der Waals surface area contributed by atoms with Gasteiger partial charge in [-0.1, -0.05) is 0 Å². The molecule has 0 radical (unpaired) electrons. The number of aliphatic carboxylic acids is 1. The van der Waals surface area contributed by atoms with Crippen LogP contribution < -0.4 is 10.6 Å². The minimum absolute atomic E-state index is 0.0834. The molecule has 2 amide bonds. The number of nitrogens with zero attached hydrogens (tertiary/aromatic N) is 2. The summed E-state index contributed by atoms with van der Waals surface area (Å²) in [5, 5.41) is 18.9. The van der Waals surface area contributed by atoms with E-state index < -0.39 is 17.8 Å². The summed E-state index contributed by atoms with van der Waals surface area (Å²) < 4.78 is 1.57. The van der Waals surface area contributed by atoms with Crippen molar-refractivity contribution in [1.29, 1.82) is 0 Å². The van der Waals surface area contributed by atoms with Gasteiger partial charge in [-0.05, 0) is 38.0 Å². The molecule has 1 aromatic rings. The van der Waals surface area contributed by atoms with E-state index in [0.717, 1.165) is 19.3 Å². The second-order valence-electron chi connectivity index (χ2n) is 6.54. The van der Waals surface area contributed by atoms with Crippen molar-refractivity contribution in [2.75, 3.05) is 12.4 Å². The van der Waals surface area contributed by atoms with Crippen LogP contribution in [-0.4, -0.2) is 39.7 Å². The molecule has 2 saturated carbocycles. The summed E-state index contributed by atoms with van der Waals surface area (Å²) in [4.78, 5) is 36.2. The highest BCUT2D eigenvalue weighted by Crippen LogP contribution is 2.52. The van der Waals surface area contributed by atoms with E-state index in [-0.39, 0.29) is 29.3 Å². The molecule has 8 nitrogen and oxygen atoms in total. The second-order valence-corrected chi connectivity index (χ2v) is 6.54. The normalized spacial score (nSPS) is 27.9. The van der Waals surface area contributed by atoms with Crippen LogP contribution in [0.1, 0.15) is 36.7 Å². The maximum Gasteiger partial charge on any atom is 0.307 e. The van der Waals surface area contributed by atoms with Gasteiger partial charge < -0.3 is 15.7 Å². The molecule has 0 spiro atoms. The Bertz CT molecular complexity index is 684. The lowest BCUT2D eigenvalue weighted by atomic mass is 9.78. The molecule has 4 unspecified atom stereocenters. The standard InChI is InChI=1S/C16H22N4O4/c1-3-20-7-10(13(19-20)15(22)17-2)18-14(21)11-8-4-5-9(6-8)12(11)16(23)24/h7-9,11-12H,3-6H2,1-2H3,(H,17,22)(H,18,21)(H,23,24). The lowest BCUT2D eigenvalue weighted by Gasteiger charge is -2.26. The van der Waals surface area contributed by atoms with E-state index in [4.69, 9.17) is 0 Å². The van der Waals surface area contributed by atoms with E-state index in [1.165, 1.54) is 7.05 Å². The zero-order chi connectivity index (χ0) is 17.4. The van der Waals surface area contributed by atoms with Gasteiger partial charge in [-0.2, -0.15) is 5.10 Å². The Balaban J connectivity index is 1.83. The molecule has 130 valence electrons. The van der Waals surface area contributed by atoms with Gasteiger partial charge in [0.05, 0.1) is 17.5 Å². The molecule has 0 saturated heterocycles. The summed E-state index contributed by atoms with van der Waals surface area (Å²) in [7, 11) is 1.50. The number of nitrogens with one attached hydrogen (secondary N) is 2. The largest absolute Gasteiger partial charge is 0.481 e. The average molecular weight is 334 g/mol. The van der Waals surface area contributed by atoms with Crippen LogP contribution in [0.3, 0.4) is 0 Å². The van der Waals surface area contributed by atoms with Crippen molar-refractivity contribution in [3.05, 3.63) is 11.9 Å². The number of hydrogen-bond donors (Lipinski definition) is 3. The molecule has 2 fully saturated rings. The third kappa shape index (κ3) is 2.65. The molecule has 24 heavy (non-hydrogen) atoms. The zero-order valence-electron chi connectivity index (χ0n) is 13.8.